The van der Waals surface area contributed by atoms with Crippen LogP contribution in [0.2, 0.25) is 0 Å². The number of ether oxygens (including phenoxy) is 1. The molecule has 0 spiro atoms. The van der Waals surface area contributed by atoms with E-state index in [1.54, 1.807) is 0 Å². The van der Waals surface area contributed by atoms with Crippen LogP contribution in [0.25, 0.3) is 0 Å². The Morgan fingerprint density at radius 3 is 3.05 bits per heavy atom. The maximum absolute atomic E-state index is 11.5. The van der Waals surface area contributed by atoms with Gasteiger partial charge in [0.2, 0.25) is 0 Å². The minimum Gasteiger partial charge on any atom is -0.465 e. The van der Waals surface area contributed by atoms with Crippen molar-refractivity contribution in [2.24, 2.45) is 5.92 Å². The van der Waals surface area contributed by atoms with Gasteiger partial charge < -0.3 is 14.2 Å². The molecule has 5 heteroatoms. The Balaban J connectivity index is 1.34. The molecule has 0 bridgehead atoms. The molecule has 1 aliphatic carbocycles. The van der Waals surface area contributed by atoms with Gasteiger partial charge in [-0.05, 0) is 51.5 Å². The third-order valence-electron chi connectivity index (χ3n) is 5.54. The van der Waals surface area contributed by atoms with Crippen LogP contribution < -0.4 is 0 Å². The third kappa shape index (κ3) is 2.67. The molecule has 2 saturated heterocycles. The van der Waals surface area contributed by atoms with Gasteiger partial charge in [-0.15, -0.1) is 0 Å². The molecule has 0 N–H and O–H groups in total. The number of likely N-dealkylation sites (tertiary alicyclic amines) is 1. The quantitative estimate of drug-likeness (QED) is 0.798. The van der Waals surface area contributed by atoms with Gasteiger partial charge in [0, 0.05) is 24.8 Å². The predicted octanol–water partition coefficient (Wildman–Crippen LogP) is 1.96. The SMILES string of the molecule is O=C1OCC[C@@H]1CCN1CC[C@H](n2cnc3c2CCCC3)C1. The Bertz CT molecular complexity index is 554. The molecule has 0 radical (unpaired) electrons. The number of hydrogen-bond acceptors (Lipinski definition) is 4. The van der Waals surface area contributed by atoms with Crippen LogP contribution in [-0.4, -0.2) is 46.7 Å². The van der Waals surface area contributed by atoms with Crippen molar-refractivity contribution >= 4 is 5.97 Å². The van der Waals surface area contributed by atoms with Gasteiger partial charge in [0.25, 0.3) is 0 Å². The van der Waals surface area contributed by atoms with E-state index in [-0.39, 0.29) is 11.9 Å². The van der Waals surface area contributed by atoms with Gasteiger partial charge in [0.1, 0.15) is 0 Å². The number of imidazole rings is 1. The van der Waals surface area contributed by atoms with E-state index in [0.29, 0.717) is 12.6 Å². The molecule has 1 aromatic heterocycles. The second-order valence-corrected chi connectivity index (χ2v) is 6.94. The molecule has 0 saturated carbocycles. The van der Waals surface area contributed by atoms with Gasteiger partial charge in [0.05, 0.1) is 24.5 Å². The number of fused-ring (bicyclic) bond motifs is 1. The predicted molar refractivity (Wildman–Crippen MR) is 82.6 cm³/mol. The van der Waals surface area contributed by atoms with E-state index in [0.717, 1.165) is 38.9 Å². The van der Waals surface area contributed by atoms with Crippen molar-refractivity contribution < 1.29 is 9.53 Å². The van der Waals surface area contributed by atoms with Crippen molar-refractivity contribution in [3.05, 3.63) is 17.7 Å². The molecule has 0 amide bonds. The summed E-state index contributed by atoms with van der Waals surface area (Å²) in [5, 5.41) is 0. The summed E-state index contributed by atoms with van der Waals surface area (Å²) in [6.07, 6.45) is 10.1. The molecule has 3 aliphatic rings. The van der Waals surface area contributed by atoms with Crippen LogP contribution in [0.3, 0.4) is 0 Å². The molecule has 2 fully saturated rings. The molecule has 120 valence electrons. The lowest BCUT2D eigenvalue weighted by Crippen LogP contribution is -2.26. The largest absolute Gasteiger partial charge is 0.465 e. The number of nitrogens with zero attached hydrogens (tertiary/aromatic N) is 3. The lowest BCUT2D eigenvalue weighted by Gasteiger charge is -2.20. The van der Waals surface area contributed by atoms with E-state index in [1.807, 2.05) is 0 Å². The first-order valence-corrected chi connectivity index (χ1v) is 8.75. The van der Waals surface area contributed by atoms with E-state index < -0.39 is 0 Å². The third-order valence-corrected chi connectivity index (χ3v) is 5.54. The highest BCUT2D eigenvalue weighted by Crippen LogP contribution is 2.29. The van der Waals surface area contributed by atoms with Crippen molar-refractivity contribution in [1.82, 2.24) is 14.5 Å². The van der Waals surface area contributed by atoms with Gasteiger partial charge in [-0.25, -0.2) is 4.98 Å². The molecule has 1 aromatic rings. The summed E-state index contributed by atoms with van der Waals surface area (Å²) in [6.45, 7) is 3.88. The summed E-state index contributed by atoms with van der Waals surface area (Å²) in [6, 6.07) is 0.574. The zero-order chi connectivity index (χ0) is 14.9. The Morgan fingerprint density at radius 2 is 2.18 bits per heavy atom. The number of carbonyl (C=O) groups is 1. The highest BCUT2D eigenvalue weighted by atomic mass is 16.5. The van der Waals surface area contributed by atoms with Gasteiger partial charge >= 0.3 is 5.97 Å². The van der Waals surface area contributed by atoms with E-state index in [1.165, 1.54) is 37.1 Å². The molecule has 0 aromatic carbocycles. The summed E-state index contributed by atoms with van der Waals surface area (Å²) < 4.78 is 7.50. The summed E-state index contributed by atoms with van der Waals surface area (Å²) in [4.78, 5) is 18.7. The molecule has 3 heterocycles. The first-order chi connectivity index (χ1) is 10.8. The highest BCUT2D eigenvalue weighted by molar-refractivity contribution is 5.74. The summed E-state index contributed by atoms with van der Waals surface area (Å²) >= 11 is 0. The number of aromatic nitrogens is 2. The van der Waals surface area contributed by atoms with Crippen molar-refractivity contribution in [3.63, 3.8) is 0 Å². The fraction of sp³-hybridized carbons (Fsp3) is 0.765. The fourth-order valence-electron chi connectivity index (χ4n) is 4.19. The first kappa shape index (κ1) is 14.2. The molecule has 2 atom stereocenters. The van der Waals surface area contributed by atoms with Crippen LogP contribution in [0.5, 0.6) is 0 Å². The molecule has 4 rings (SSSR count). The lowest BCUT2D eigenvalue weighted by atomic mass is 10.0. The first-order valence-electron chi connectivity index (χ1n) is 8.75. The zero-order valence-electron chi connectivity index (χ0n) is 13.2. The molecular formula is C17H25N3O2. The Kier molecular flexibility index (Phi) is 3.90. The van der Waals surface area contributed by atoms with Gasteiger partial charge in [-0.1, -0.05) is 0 Å². The Labute approximate surface area is 131 Å². The zero-order valence-corrected chi connectivity index (χ0v) is 13.2. The number of aryl methyl sites for hydroxylation is 1. The monoisotopic (exact) mass is 303 g/mol. The van der Waals surface area contributed by atoms with Crippen molar-refractivity contribution in [3.8, 4) is 0 Å². The molecule has 2 aliphatic heterocycles. The van der Waals surface area contributed by atoms with Crippen LogP contribution in [0.4, 0.5) is 0 Å². The van der Waals surface area contributed by atoms with E-state index >= 15 is 0 Å². The topological polar surface area (TPSA) is 47.4 Å². The Hall–Kier alpha value is -1.36. The maximum atomic E-state index is 11.5. The van der Waals surface area contributed by atoms with Crippen molar-refractivity contribution in [1.29, 1.82) is 0 Å². The number of hydrogen-bond donors (Lipinski definition) is 0. The van der Waals surface area contributed by atoms with Crippen molar-refractivity contribution in [2.75, 3.05) is 26.2 Å². The number of cyclic esters (lactones) is 1. The van der Waals surface area contributed by atoms with E-state index in [2.05, 4.69) is 20.8 Å². The van der Waals surface area contributed by atoms with E-state index in [4.69, 9.17) is 4.74 Å². The second kappa shape index (κ2) is 6.03. The average Bonchev–Trinajstić information content (AvgIpc) is 3.24. The summed E-state index contributed by atoms with van der Waals surface area (Å²) in [5.74, 6) is 0.152. The smallest absolute Gasteiger partial charge is 0.309 e. The minimum atomic E-state index is 0.0134. The normalized spacial score (nSPS) is 28.8. The Morgan fingerprint density at radius 1 is 1.27 bits per heavy atom. The summed E-state index contributed by atoms with van der Waals surface area (Å²) in [5.41, 5.74) is 2.82. The van der Waals surface area contributed by atoms with Gasteiger partial charge in [-0.3, -0.25) is 4.79 Å². The maximum Gasteiger partial charge on any atom is 0.309 e. The van der Waals surface area contributed by atoms with Crippen LogP contribution in [0.1, 0.15) is 49.5 Å². The molecule has 5 nitrogen and oxygen atoms in total. The summed E-state index contributed by atoms with van der Waals surface area (Å²) in [7, 11) is 0. The highest BCUT2D eigenvalue weighted by Gasteiger charge is 2.30. The minimum absolute atomic E-state index is 0.0134. The number of carbonyl (C=O) groups excluding carboxylic acids is 1. The van der Waals surface area contributed by atoms with Crippen LogP contribution in [0, 0.1) is 5.92 Å². The molecule has 22 heavy (non-hydrogen) atoms. The average molecular weight is 303 g/mol. The van der Waals surface area contributed by atoms with E-state index in [9.17, 15) is 4.79 Å². The second-order valence-electron chi connectivity index (χ2n) is 6.94. The number of esters is 1. The molecular weight excluding hydrogens is 278 g/mol. The van der Waals surface area contributed by atoms with Gasteiger partial charge in [0.15, 0.2) is 0 Å². The molecule has 0 unspecified atom stereocenters. The van der Waals surface area contributed by atoms with Crippen molar-refractivity contribution in [2.45, 2.75) is 51.0 Å². The fourth-order valence-corrected chi connectivity index (χ4v) is 4.19. The van der Waals surface area contributed by atoms with Crippen LogP contribution in [-0.2, 0) is 22.4 Å². The number of rotatable bonds is 4. The van der Waals surface area contributed by atoms with Gasteiger partial charge in [-0.2, -0.15) is 0 Å². The van der Waals surface area contributed by atoms with Crippen LogP contribution >= 0.6 is 0 Å². The lowest BCUT2D eigenvalue weighted by molar-refractivity contribution is -0.141. The van der Waals surface area contributed by atoms with Crippen LogP contribution in [0.15, 0.2) is 6.33 Å². The standard InChI is InChI=1S/C17H25N3O2/c21-17-13(7-10-22-17)5-8-19-9-6-14(11-19)20-12-18-15-3-1-2-4-16(15)20/h12-14H,1-11H2/t13-,14-/m0/s1.